The third-order valence-electron chi connectivity index (χ3n) is 1.86. The lowest BCUT2D eigenvalue weighted by Crippen LogP contribution is -1.90. The zero-order valence-corrected chi connectivity index (χ0v) is 11.7. The number of fused-ring (bicyclic) bond motifs is 1. The molecule has 0 atom stereocenters. The predicted molar refractivity (Wildman–Crippen MR) is 69.6 cm³/mol. The van der Waals surface area contributed by atoms with Gasteiger partial charge >= 0.3 is 0 Å². The number of aromatic nitrogens is 2. The summed E-state index contributed by atoms with van der Waals surface area (Å²) in [6.07, 6.45) is 0. The number of hydrogen-bond donors (Lipinski definition) is 0. The first-order chi connectivity index (χ1) is 7.43. The molecule has 0 aliphatic carbocycles. The molecule has 16 heavy (non-hydrogen) atoms. The van der Waals surface area contributed by atoms with Crippen LogP contribution in [-0.4, -0.2) is 9.97 Å². The highest BCUT2D eigenvalue weighted by molar-refractivity contribution is 6.53. The quantitative estimate of drug-likeness (QED) is 0.589. The molecule has 2 rings (SSSR count). The Morgan fingerprint density at radius 1 is 0.500 bits per heavy atom. The fourth-order valence-electron chi connectivity index (χ4n) is 1.20. The molecular formula is C8Cl6N2. The molecule has 0 aliphatic rings. The molecule has 0 aromatic carbocycles. The van der Waals surface area contributed by atoms with Crippen LogP contribution in [0.5, 0.6) is 0 Å². The molecule has 8 heteroatoms. The summed E-state index contributed by atoms with van der Waals surface area (Å²) in [6, 6.07) is 0. The lowest BCUT2D eigenvalue weighted by atomic mass is 10.2. The topological polar surface area (TPSA) is 25.8 Å². The molecule has 2 nitrogen and oxygen atoms in total. The van der Waals surface area contributed by atoms with Crippen molar-refractivity contribution >= 4 is 80.4 Å². The van der Waals surface area contributed by atoms with Gasteiger partial charge in [-0.3, -0.25) is 0 Å². The Bertz CT molecular complexity index is 548. The van der Waals surface area contributed by atoms with E-state index in [-0.39, 0.29) is 30.7 Å². The van der Waals surface area contributed by atoms with Crippen LogP contribution in [0.25, 0.3) is 10.8 Å². The predicted octanol–water partition coefficient (Wildman–Crippen LogP) is 5.55. The first-order valence-electron chi connectivity index (χ1n) is 3.78. The Labute approximate surface area is 120 Å². The van der Waals surface area contributed by atoms with E-state index in [0.717, 1.165) is 0 Å². The van der Waals surface area contributed by atoms with Crippen molar-refractivity contribution in [3.05, 3.63) is 30.7 Å². The standard InChI is InChI=1S/C8Cl6N2/c9-3-1-2(5(11)15-7(3)13)6(12)16-8(14)4(1)10. The number of pyridine rings is 2. The van der Waals surface area contributed by atoms with Gasteiger partial charge in [-0.1, -0.05) is 69.6 Å². The van der Waals surface area contributed by atoms with E-state index in [1.807, 2.05) is 0 Å². The van der Waals surface area contributed by atoms with Crippen LogP contribution in [0.3, 0.4) is 0 Å². The monoisotopic (exact) mass is 334 g/mol. The molecule has 0 radical (unpaired) electrons. The Kier molecular flexibility index (Phi) is 3.60. The molecule has 84 valence electrons. The van der Waals surface area contributed by atoms with Gasteiger partial charge in [-0.05, 0) is 0 Å². The molecule has 2 aromatic heterocycles. The largest absolute Gasteiger partial charge is 0.222 e. The summed E-state index contributed by atoms with van der Waals surface area (Å²) in [5, 5.41) is 1.14. The number of nitrogens with zero attached hydrogens (tertiary/aromatic N) is 2. The third-order valence-corrected chi connectivity index (χ3v) is 3.88. The fourth-order valence-corrected chi connectivity index (χ4v) is 2.74. The van der Waals surface area contributed by atoms with Crippen molar-refractivity contribution in [3.63, 3.8) is 0 Å². The SMILES string of the molecule is Clc1nc(Cl)c2c(Cl)nc(Cl)c(Cl)c2c1Cl. The summed E-state index contributed by atoms with van der Waals surface area (Å²) in [6.45, 7) is 0. The summed E-state index contributed by atoms with van der Waals surface area (Å²) < 4.78 is 0. The van der Waals surface area contributed by atoms with Crippen molar-refractivity contribution in [1.29, 1.82) is 0 Å². The number of halogens is 6. The van der Waals surface area contributed by atoms with E-state index in [0.29, 0.717) is 10.8 Å². The highest BCUT2D eigenvalue weighted by Crippen LogP contribution is 2.42. The maximum absolute atomic E-state index is 5.96. The summed E-state index contributed by atoms with van der Waals surface area (Å²) in [7, 11) is 0. The zero-order valence-electron chi connectivity index (χ0n) is 7.16. The summed E-state index contributed by atoms with van der Waals surface area (Å²) in [5.74, 6) is 0. The minimum Gasteiger partial charge on any atom is -0.222 e. The van der Waals surface area contributed by atoms with Crippen molar-refractivity contribution in [2.24, 2.45) is 0 Å². The molecule has 0 fully saturated rings. The van der Waals surface area contributed by atoms with Gasteiger partial charge in [0.1, 0.15) is 20.6 Å². The van der Waals surface area contributed by atoms with Crippen LogP contribution in [0, 0.1) is 0 Å². The maximum atomic E-state index is 5.96. The van der Waals surface area contributed by atoms with Crippen LogP contribution in [-0.2, 0) is 0 Å². The van der Waals surface area contributed by atoms with Gasteiger partial charge in [-0.25, -0.2) is 9.97 Å². The molecule has 0 bridgehead atoms. The van der Waals surface area contributed by atoms with E-state index < -0.39 is 0 Å². The van der Waals surface area contributed by atoms with E-state index in [4.69, 9.17) is 69.6 Å². The lowest BCUT2D eigenvalue weighted by Gasteiger charge is -2.08. The Hall–Kier alpha value is 0.300. The number of rotatable bonds is 0. The van der Waals surface area contributed by atoms with Gasteiger partial charge in [-0.15, -0.1) is 0 Å². The van der Waals surface area contributed by atoms with Crippen LogP contribution in [0.15, 0.2) is 0 Å². The van der Waals surface area contributed by atoms with Gasteiger partial charge in [0.25, 0.3) is 0 Å². The molecule has 0 aliphatic heterocycles. The molecule has 2 heterocycles. The minimum atomic E-state index is 0.0272. The molecular weight excluding hydrogens is 337 g/mol. The second kappa shape index (κ2) is 4.52. The Balaban J connectivity index is 3.11. The van der Waals surface area contributed by atoms with E-state index in [1.54, 1.807) is 0 Å². The molecule has 0 N–H and O–H groups in total. The summed E-state index contributed by atoms with van der Waals surface area (Å²) >= 11 is 35.3. The molecule has 0 saturated carbocycles. The van der Waals surface area contributed by atoms with Gasteiger partial charge < -0.3 is 0 Å². The van der Waals surface area contributed by atoms with E-state index in [9.17, 15) is 0 Å². The van der Waals surface area contributed by atoms with Crippen molar-refractivity contribution in [2.45, 2.75) is 0 Å². The van der Waals surface area contributed by atoms with Gasteiger partial charge in [0.05, 0.1) is 15.4 Å². The maximum Gasteiger partial charge on any atom is 0.150 e. The normalized spacial score (nSPS) is 11.1. The summed E-state index contributed by atoms with van der Waals surface area (Å²) in [4.78, 5) is 7.61. The van der Waals surface area contributed by atoms with Crippen LogP contribution >= 0.6 is 69.6 Å². The molecule has 2 aromatic rings. The molecule has 0 spiro atoms. The second-order valence-electron chi connectivity index (χ2n) is 2.76. The van der Waals surface area contributed by atoms with Crippen LogP contribution in [0.2, 0.25) is 30.7 Å². The Morgan fingerprint density at radius 2 is 0.875 bits per heavy atom. The minimum absolute atomic E-state index is 0.0272. The van der Waals surface area contributed by atoms with Crippen LogP contribution in [0.1, 0.15) is 0 Å². The van der Waals surface area contributed by atoms with Crippen LogP contribution in [0.4, 0.5) is 0 Å². The van der Waals surface area contributed by atoms with Gasteiger partial charge in [0.2, 0.25) is 0 Å². The van der Waals surface area contributed by atoms with Gasteiger partial charge in [-0.2, -0.15) is 0 Å². The van der Waals surface area contributed by atoms with Crippen molar-refractivity contribution in [1.82, 2.24) is 9.97 Å². The highest BCUT2D eigenvalue weighted by Gasteiger charge is 2.19. The first kappa shape index (κ1) is 12.7. The van der Waals surface area contributed by atoms with Crippen molar-refractivity contribution in [3.8, 4) is 0 Å². The van der Waals surface area contributed by atoms with Gasteiger partial charge in [0.15, 0.2) is 0 Å². The van der Waals surface area contributed by atoms with Crippen molar-refractivity contribution < 1.29 is 0 Å². The smallest absolute Gasteiger partial charge is 0.150 e. The van der Waals surface area contributed by atoms with E-state index in [2.05, 4.69) is 9.97 Å². The van der Waals surface area contributed by atoms with Crippen molar-refractivity contribution in [2.75, 3.05) is 0 Å². The average molecular weight is 337 g/mol. The fraction of sp³-hybridized carbons (Fsp3) is 0. The molecule has 0 unspecified atom stereocenters. The highest BCUT2D eigenvalue weighted by atomic mass is 35.5. The molecule has 0 saturated heterocycles. The third kappa shape index (κ3) is 1.92. The average Bonchev–Trinajstić information content (AvgIpc) is 2.20. The van der Waals surface area contributed by atoms with E-state index >= 15 is 0 Å². The number of hydrogen-bond acceptors (Lipinski definition) is 2. The second-order valence-corrected chi connectivity index (χ2v) is 4.95. The van der Waals surface area contributed by atoms with Gasteiger partial charge in [0, 0.05) is 5.39 Å². The zero-order chi connectivity index (χ0) is 12.0. The van der Waals surface area contributed by atoms with Crippen LogP contribution < -0.4 is 0 Å². The van der Waals surface area contributed by atoms with E-state index in [1.165, 1.54) is 0 Å². The first-order valence-corrected chi connectivity index (χ1v) is 6.05. The molecule has 0 amide bonds. The Morgan fingerprint density at radius 3 is 1.25 bits per heavy atom. The summed E-state index contributed by atoms with van der Waals surface area (Å²) in [5.41, 5.74) is 0. The lowest BCUT2D eigenvalue weighted by molar-refractivity contribution is 1.32.